The number of carbonyl (C=O) groups is 2. The lowest BCUT2D eigenvalue weighted by Gasteiger charge is -2.09. The van der Waals surface area contributed by atoms with Crippen LogP contribution in [-0.2, 0) is 9.53 Å². The largest absolute Gasteiger partial charge is 0.493 e. The van der Waals surface area contributed by atoms with Gasteiger partial charge < -0.3 is 14.8 Å². The van der Waals surface area contributed by atoms with E-state index in [-0.39, 0.29) is 40.2 Å². The number of carbonyl (C=O) groups excluding carboxylic acids is 2. The fourth-order valence-corrected chi connectivity index (χ4v) is 4.65. The molecule has 2 amide bonds. The molecule has 4 rings (SSSR count). The average Bonchev–Trinajstić information content (AvgIpc) is 3.57. The zero-order valence-electron chi connectivity index (χ0n) is 17.6. The predicted octanol–water partition coefficient (Wildman–Crippen LogP) is 2.51. The van der Waals surface area contributed by atoms with Gasteiger partial charge in [0.15, 0.2) is 15.8 Å². The number of ether oxygens (including phenoxy) is 2. The van der Waals surface area contributed by atoms with Crippen LogP contribution in [0.4, 0.5) is 9.52 Å². The molecule has 10 nitrogen and oxygen atoms in total. The molecule has 1 aromatic carbocycles. The van der Waals surface area contributed by atoms with Crippen LogP contribution in [0, 0.1) is 5.82 Å². The molecular formula is C20H21FN6O4S2. The third-order valence-corrected chi connectivity index (χ3v) is 6.68. The van der Waals surface area contributed by atoms with Crippen LogP contribution >= 0.6 is 23.1 Å². The lowest BCUT2D eigenvalue weighted by Crippen LogP contribution is -2.32. The van der Waals surface area contributed by atoms with Gasteiger partial charge in [-0.1, -0.05) is 23.1 Å². The van der Waals surface area contributed by atoms with Crippen molar-refractivity contribution < 1.29 is 23.5 Å². The smallest absolute Gasteiger partial charge is 0.281 e. The van der Waals surface area contributed by atoms with Crippen molar-refractivity contribution in [2.45, 2.75) is 23.3 Å². The maximum absolute atomic E-state index is 13.2. The number of halogens is 1. The molecule has 1 unspecified atom stereocenters. The first-order chi connectivity index (χ1) is 16.0. The maximum Gasteiger partial charge on any atom is 0.281 e. The standard InChI is InChI=1S/C20H21FN6O4S2/c1-30-15-10-27(13-6-4-12(21)5-7-13)26-17(15)18(29)23-19-24-25-20(33-19)32-11-16(28)22-9-14-3-2-8-31-14/h4-7,10,14H,2-3,8-9,11H2,1H3,(H,22,28)(H,23,24,29). The van der Waals surface area contributed by atoms with Gasteiger partial charge in [-0.2, -0.15) is 5.10 Å². The summed E-state index contributed by atoms with van der Waals surface area (Å²) in [7, 11) is 1.42. The topological polar surface area (TPSA) is 120 Å². The van der Waals surface area contributed by atoms with E-state index in [0.717, 1.165) is 30.8 Å². The zero-order valence-corrected chi connectivity index (χ0v) is 19.2. The molecule has 3 aromatic rings. The Kier molecular flexibility index (Phi) is 7.52. The third-order valence-electron chi connectivity index (χ3n) is 4.71. The number of rotatable bonds is 9. The molecule has 3 heterocycles. The Bertz CT molecular complexity index is 1110. The van der Waals surface area contributed by atoms with Crippen LogP contribution < -0.4 is 15.4 Å². The summed E-state index contributed by atoms with van der Waals surface area (Å²) in [6.07, 6.45) is 3.59. The molecule has 33 heavy (non-hydrogen) atoms. The Balaban J connectivity index is 1.32. The first kappa shape index (κ1) is 23.1. The third kappa shape index (κ3) is 6.06. The molecule has 1 atom stereocenters. The van der Waals surface area contributed by atoms with Crippen LogP contribution in [0.2, 0.25) is 0 Å². The van der Waals surface area contributed by atoms with Crippen molar-refractivity contribution in [3.63, 3.8) is 0 Å². The van der Waals surface area contributed by atoms with E-state index in [1.807, 2.05) is 0 Å². The molecule has 0 aliphatic carbocycles. The highest BCUT2D eigenvalue weighted by atomic mass is 32.2. The van der Waals surface area contributed by atoms with Gasteiger partial charge in [-0.3, -0.25) is 14.9 Å². The van der Waals surface area contributed by atoms with E-state index in [1.165, 1.54) is 54.0 Å². The quantitative estimate of drug-likeness (QED) is 0.345. The second-order valence-corrected chi connectivity index (χ2v) is 9.22. The summed E-state index contributed by atoms with van der Waals surface area (Å²) >= 11 is 2.38. The monoisotopic (exact) mass is 492 g/mol. The maximum atomic E-state index is 13.2. The molecule has 13 heteroatoms. The molecule has 1 fully saturated rings. The van der Waals surface area contributed by atoms with Gasteiger partial charge in [-0.05, 0) is 37.1 Å². The lowest BCUT2D eigenvalue weighted by molar-refractivity contribution is -0.119. The number of thioether (sulfide) groups is 1. The summed E-state index contributed by atoms with van der Waals surface area (Å²) < 4.78 is 25.9. The van der Waals surface area contributed by atoms with Gasteiger partial charge in [0.1, 0.15) is 5.82 Å². The van der Waals surface area contributed by atoms with Crippen LogP contribution in [0.3, 0.4) is 0 Å². The summed E-state index contributed by atoms with van der Waals surface area (Å²) in [5.74, 6) is -0.590. The molecular weight excluding hydrogens is 471 g/mol. The number of aromatic nitrogens is 4. The number of amides is 2. The number of hydrogen-bond donors (Lipinski definition) is 2. The van der Waals surface area contributed by atoms with Crippen molar-refractivity contribution in [3.8, 4) is 11.4 Å². The lowest BCUT2D eigenvalue weighted by atomic mass is 10.2. The van der Waals surface area contributed by atoms with Crippen molar-refractivity contribution in [2.75, 3.05) is 31.3 Å². The van der Waals surface area contributed by atoms with Gasteiger partial charge in [0.25, 0.3) is 5.91 Å². The van der Waals surface area contributed by atoms with Crippen molar-refractivity contribution in [1.82, 2.24) is 25.3 Å². The highest BCUT2D eigenvalue weighted by Crippen LogP contribution is 2.27. The van der Waals surface area contributed by atoms with E-state index in [4.69, 9.17) is 9.47 Å². The van der Waals surface area contributed by atoms with Crippen molar-refractivity contribution in [1.29, 1.82) is 0 Å². The number of hydrogen-bond acceptors (Lipinski definition) is 9. The summed E-state index contributed by atoms with van der Waals surface area (Å²) in [6, 6.07) is 5.67. The van der Waals surface area contributed by atoms with Crippen LogP contribution in [0.15, 0.2) is 34.8 Å². The van der Waals surface area contributed by atoms with Gasteiger partial charge in [0.2, 0.25) is 11.0 Å². The molecule has 2 aromatic heterocycles. The van der Waals surface area contributed by atoms with Crippen LogP contribution in [0.5, 0.6) is 5.75 Å². The van der Waals surface area contributed by atoms with Crippen molar-refractivity contribution in [3.05, 3.63) is 42.0 Å². The van der Waals surface area contributed by atoms with E-state index in [0.29, 0.717) is 16.6 Å². The first-order valence-corrected chi connectivity index (χ1v) is 11.9. The number of anilines is 1. The Morgan fingerprint density at radius 2 is 2.15 bits per heavy atom. The van der Waals surface area contributed by atoms with E-state index < -0.39 is 5.91 Å². The van der Waals surface area contributed by atoms with Crippen molar-refractivity contribution in [2.24, 2.45) is 0 Å². The second kappa shape index (κ2) is 10.7. The molecule has 1 aliphatic heterocycles. The normalized spacial score (nSPS) is 15.4. The number of nitrogens with one attached hydrogen (secondary N) is 2. The predicted molar refractivity (Wildman–Crippen MR) is 121 cm³/mol. The fourth-order valence-electron chi connectivity index (χ4n) is 3.08. The average molecular weight is 493 g/mol. The SMILES string of the molecule is COc1cn(-c2ccc(F)cc2)nc1C(=O)Nc1nnc(SCC(=O)NCC2CCCO2)s1. The first-order valence-electron chi connectivity index (χ1n) is 10.1. The summed E-state index contributed by atoms with van der Waals surface area (Å²) in [6.45, 7) is 1.25. The Labute approximate surface area is 196 Å². The van der Waals surface area contributed by atoms with E-state index in [9.17, 15) is 14.0 Å². The van der Waals surface area contributed by atoms with Gasteiger partial charge in [0.05, 0.1) is 30.9 Å². The van der Waals surface area contributed by atoms with E-state index in [2.05, 4.69) is 25.9 Å². The summed E-state index contributed by atoms with van der Waals surface area (Å²) in [5.41, 5.74) is 0.612. The minimum Gasteiger partial charge on any atom is -0.493 e. The second-order valence-electron chi connectivity index (χ2n) is 7.02. The van der Waals surface area contributed by atoms with Gasteiger partial charge in [0, 0.05) is 13.2 Å². The number of nitrogens with zero attached hydrogens (tertiary/aromatic N) is 4. The van der Waals surface area contributed by atoms with Gasteiger partial charge in [-0.15, -0.1) is 10.2 Å². The molecule has 1 aliphatic rings. The Hall–Kier alpha value is -3.03. The molecule has 1 saturated heterocycles. The summed E-state index contributed by atoms with van der Waals surface area (Å²) in [4.78, 5) is 24.7. The molecule has 174 valence electrons. The fraction of sp³-hybridized carbons (Fsp3) is 0.350. The van der Waals surface area contributed by atoms with E-state index in [1.54, 1.807) is 0 Å². The highest BCUT2D eigenvalue weighted by molar-refractivity contribution is 8.01. The van der Waals surface area contributed by atoms with Crippen LogP contribution in [-0.4, -0.2) is 63.9 Å². The summed E-state index contributed by atoms with van der Waals surface area (Å²) in [5, 5.41) is 17.9. The molecule has 0 radical (unpaired) electrons. The molecule has 0 bridgehead atoms. The van der Waals surface area contributed by atoms with Crippen LogP contribution in [0.1, 0.15) is 23.3 Å². The van der Waals surface area contributed by atoms with E-state index >= 15 is 0 Å². The molecule has 0 saturated carbocycles. The highest BCUT2D eigenvalue weighted by Gasteiger charge is 2.21. The number of benzene rings is 1. The number of methoxy groups -OCH3 is 1. The Morgan fingerprint density at radius 3 is 2.88 bits per heavy atom. The minimum atomic E-state index is -0.533. The van der Waals surface area contributed by atoms with Crippen LogP contribution in [0.25, 0.3) is 5.69 Å². The zero-order chi connectivity index (χ0) is 23.2. The van der Waals surface area contributed by atoms with Crippen molar-refractivity contribution >= 4 is 40.0 Å². The molecule has 2 N–H and O–H groups in total. The minimum absolute atomic E-state index is 0.0414. The molecule has 0 spiro atoms. The van der Waals surface area contributed by atoms with Gasteiger partial charge >= 0.3 is 0 Å². The van der Waals surface area contributed by atoms with Gasteiger partial charge in [-0.25, -0.2) is 9.07 Å². The Morgan fingerprint density at radius 1 is 1.33 bits per heavy atom.